The Labute approximate surface area is 861 Å². The van der Waals surface area contributed by atoms with Gasteiger partial charge in [0, 0.05) is 121 Å². The van der Waals surface area contributed by atoms with Gasteiger partial charge in [-0.25, -0.2) is 29.9 Å². The van der Waals surface area contributed by atoms with Gasteiger partial charge in [0.25, 0.3) is 0 Å². The van der Waals surface area contributed by atoms with Gasteiger partial charge in [-0.05, 0) is 194 Å². The molecule has 0 amide bonds. The number of nitrogens with zero attached hydrogens (tertiary/aromatic N) is 10. The molecule has 0 fully saturated rings. The lowest BCUT2D eigenvalue weighted by Crippen LogP contribution is -2.01. The molecule has 0 N–H and O–H groups in total. The molecule has 22 aromatic carbocycles. The maximum absolute atomic E-state index is 7.36. The largest absolute Gasteiger partial charge is 0.452 e. The van der Waals surface area contributed by atoms with Gasteiger partial charge in [-0.3, -0.25) is 0 Å². The molecule has 0 bridgehead atoms. The molecule has 0 saturated heterocycles. The monoisotopic (exact) mass is 1910 g/mol. The van der Waals surface area contributed by atoms with E-state index < -0.39 is 0 Å². The normalized spacial score (nSPS) is 11.7. The van der Waals surface area contributed by atoms with Crippen LogP contribution in [0.2, 0.25) is 0 Å². The highest BCUT2D eigenvalue weighted by atomic mass is 16.3. The second kappa shape index (κ2) is 35.9. The molecule has 0 atom stereocenters. The highest BCUT2D eigenvalue weighted by molar-refractivity contribution is 6.29. The fourth-order valence-electron chi connectivity index (χ4n) is 22.5. The Morgan fingerprint density at radius 3 is 0.627 bits per heavy atom. The molecule has 0 aliphatic heterocycles. The first kappa shape index (κ1) is 86.3. The Morgan fingerprint density at radius 1 is 0.127 bits per heavy atom. The van der Waals surface area contributed by atoms with E-state index in [9.17, 15) is 0 Å². The molecule has 0 aliphatic rings. The smallest absolute Gasteiger partial charge is 0.164 e. The van der Waals surface area contributed by atoms with Gasteiger partial charge in [-0.15, -0.1) is 0 Å². The Balaban J connectivity index is 0.000000141. The van der Waals surface area contributed by atoms with Crippen LogP contribution in [0.4, 0.5) is 0 Å². The molecule has 30 aromatic rings. The zero-order valence-electron chi connectivity index (χ0n) is 80.9. The van der Waals surface area contributed by atoms with Gasteiger partial charge in [-0.1, -0.05) is 394 Å². The minimum atomic E-state index is 0.590. The van der Waals surface area contributed by atoms with E-state index in [2.05, 4.69) is 510 Å². The highest BCUT2D eigenvalue weighted by Gasteiger charge is 2.29. The van der Waals surface area contributed by atoms with Crippen molar-refractivity contribution in [3.63, 3.8) is 0 Å². The minimum Gasteiger partial charge on any atom is -0.452 e. The summed E-state index contributed by atoms with van der Waals surface area (Å²) < 4.78 is 24.2. The second-order valence-corrected chi connectivity index (χ2v) is 38.2. The van der Waals surface area contributed by atoms with Crippen molar-refractivity contribution in [2.75, 3.05) is 0 Å². The molecule has 0 radical (unpaired) electrons. The number of hydrogen-bond donors (Lipinski definition) is 0. The molecule has 0 saturated carbocycles. The average Bonchev–Trinajstić information content (AvgIpc) is 1.54. The highest BCUT2D eigenvalue weighted by Crippen LogP contribution is 2.50. The fourth-order valence-corrected chi connectivity index (χ4v) is 22.5. The van der Waals surface area contributed by atoms with Crippen molar-refractivity contribution >= 4 is 131 Å². The summed E-state index contributed by atoms with van der Waals surface area (Å²) in [6, 6.07) is 184. The quantitative estimate of drug-likeness (QED) is 0.0937. The summed E-state index contributed by atoms with van der Waals surface area (Å²) in [5.74, 6) is 3.61. The SMILES string of the molecule is c1ccc(-c2ccc(-c3nc(-c4ccc(-n5c6ccccc6c6ccc7c8ccc9c%10ccccc%10n(-c%10ccc(-c%11ccccc%11)cc%10)c9c8oc7c65)cc4)nc(-c4cccc(-c5ccccc5)c4)n3)cc2)cc1.c1ccc(-c2ccc(-c3nc(-c4ccc(-n5c6ccccc6c6ccc7c8ccc9c%10ccccc%10n(-c%10ccc(-c%11ccccc%11)cc%10)c9c8oc7c65)cc4)nc(-c4ccccc4-c4ccccc4)n3)cc2)cc1. The molecule has 700 valence electrons. The van der Waals surface area contributed by atoms with Crippen LogP contribution in [0.1, 0.15) is 0 Å². The number of furan rings is 2. The Morgan fingerprint density at radius 2 is 0.327 bits per heavy atom. The van der Waals surface area contributed by atoms with Crippen LogP contribution < -0.4 is 0 Å². The van der Waals surface area contributed by atoms with Crippen molar-refractivity contribution in [3.05, 3.63) is 522 Å². The molecule has 8 heterocycles. The summed E-state index contributed by atoms with van der Waals surface area (Å²) in [5, 5.41) is 13.5. The van der Waals surface area contributed by atoms with E-state index in [1.165, 1.54) is 33.0 Å². The van der Waals surface area contributed by atoms with Gasteiger partial charge >= 0.3 is 0 Å². The third-order valence-electron chi connectivity index (χ3n) is 29.6. The van der Waals surface area contributed by atoms with E-state index in [0.29, 0.717) is 34.9 Å². The maximum atomic E-state index is 7.36. The van der Waals surface area contributed by atoms with Crippen molar-refractivity contribution in [1.82, 2.24) is 48.2 Å². The second-order valence-electron chi connectivity index (χ2n) is 38.2. The summed E-state index contributed by atoms with van der Waals surface area (Å²) in [6.45, 7) is 0. The first-order valence-electron chi connectivity index (χ1n) is 50.7. The Kier molecular flexibility index (Phi) is 20.7. The van der Waals surface area contributed by atoms with Gasteiger partial charge in [0.2, 0.25) is 0 Å². The first-order chi connectivity index (χ1) is 74.4. The molecule has 12 nitrogen and oxygen atoms in total. The van der Waals surface area contributed by atoms with Gasteiger partial charge in [0.05, 0.1) is 44.1 Å². The molecular formula is C138H86N10O2. The molecule has 0 unspecified atom stereocenters. The number of rotatable bonds is 16. The molecule has 30 rings (SSSR count). The van der Waals surface area contributed by atoms with Crippen LogP contribution in [0.3, 0.4) is 0 Å². The van der Waals surface area contributed by atoms with E-state index in [1.807, 2.05) is 30.3 Å². The van der Waals surface area contributed by atoms with Crippen molar-refractivity contribution in [2.24, 2.45) is 0 Å². The van der Waals surface area contributed by atoms with Gasteiger partial charge in [0.1, 0.15) is 0 Å². The van der Waals surface area contributed by atoms with Crippen LogP contribution >= 0.6 is 0 Å². The third kappa shape index (κ3) is 14.7. The predicted octanol–water partition coefficient (Wildman–Crippen LogP) is 35.9. The molecule has 0 aliphatic carbocycles. The van der Waals surface area contributed by atoms with Gasteiger partial charge < -0.3 is 27.1 Å². The lowest BCUT2D eigenvalue weighted by molar-refractivity contribution is 0.673. The van der Waals surface area contributed by atoms with Crippen LogP contribution in [0.15, 0.2) is 531 Å². The number of benzene rings is 22. The lowest BCUT2D eigenvalue weighted by atomic mass is 9.99. The van der Waals surface area contributed by atoms with Crippen molar-refractivity contribution in [2.45, 2.75) is 0 Å². The fraction of sp³-hybridized carbons (Fsp3) is 0. The van der Waals surface area contributed by atoms with E-state index in [0.717, 1.165) is 221 Å². The Hall–Kier alpha value is -20.3. The molecule has 8 aromatic heterocycles. The van der Waals surface area contributed by atoms with Crippen LogP contribution in [-0.2, 0) is 0 Å². The van der Waals surface area contributed by atoms with E-state index in [1.54, 1.807) is 0 Å². The topological polar surface area (TPSA) is 123 Å². The summed E-state index contributed by atoms with van der Waals surface area (Å²) in [7, 11) is 0. The molecule has 0 spiro atoms. The predicted molar refractivity (Wildman–Crippen MR) is 617 cm³/mol. The minimum absolute atomic E-state index is 0.590. The number of aromatic nitrogens is 10. The van der Waals surface area contributed by atoms with Crippen LogP contribution in [0.25, 0.3) is 289 Å². The molecule has 12 heteroatoms. The van der Waals surface area contributed by atoms with Gasteiger partial charge in [0.15, 0.2) is 57.3 Å². The standard InChI is InChI=1S/2C69H43N5O/c1-4-15-44(16-5-1)47-27-29-49(30-28-47)67-70-68(72-69(71-67)52-22-14-21-51(43-52)46-19-8-3-9-20-46)50-33-37-54(38-34-50)74-62-26-13-11-24-56(62)58-40-42-60-59-41-39-57-55-23-10-12-25-61(55)73(63(57)65(59)75-66(60)64(58)74)53-35-31-48(32-36-53)45-17-6-2-7-18-45;1-4-16-44(17-5-1)46-28-30-49(31-29-46)67-70-68(72-69(71-67)60-25-11-10-22-53(60)48-20-8-3-9-21-48)50-34-38-52(39-35-50)74-62-27-15-13-24-55(62)57-41-43-59-58-42-40-56-54-23-12-14-26-61(54)73(63(56)65(58)75-66(59)64(57)74)51-36-32-47(33-37-51)45-18-6-2-7-19-45/h2*1-43H. The molecular weight excluding hydrogens is 1830 g/mol. The van der Waals surface area contributed by atoms with E-state index in [-0.39, 0.29) is 0 Å². The number of para-hydroxylation sites is 4. The van der Waals surface area contributed by atoms with Crippen molar-refractivity contribution in [1.29, 1.82) is 0 Å². The summed E-state index contributed by atoms with van der Waals surface area (Å²) in [5.41, 5.74) is 35.2. The first-order valence-corrected chi connectivity index (χ1v) is 50.7. The molecule has 150 heavy (non-hydrogen) atoms. The third-order valence-corrected chi connectivity index (χ3v) is 29.6. The Bertz CT molecular complexity index is 10500. The average molecular weight is 1920 g/mol. The number of hydrogen-bond acceptors (Lipinski definition) is 8. The zero-order chi connectivity index (χ0) is 98.8. The number of fused-ring (bicyclic) bond motifs is 22. The maximum Gasteiger partial charge on any atom is 0.164 e. The zero-order valence-corrected chi connectivity index (χ0v) is 80.9. The van der Waals surface area contributed by atoms with Crippen LogP contribution in [-0.4, -0.2) is 48.2 Å². The van der Waals surface area contributed by atoms with E-state index >= 15 is 0 Å². The van der Waals surface area contributed by atoms with Crippen LogP contribution in [0.5, 0.6) is 0 Å². The van der Waals surface area contributed by atoms with E-state index in [4.69, 9.17) is 38.7 Å². The van der Waals surface area contributed by atoms with Crippen molar-refractivity contribution < 1.29 is 8.83 Å². The van der Waals surface area contributed by atoms with Crippen molar-refractivity contribution in [3.8, 4) is 158 Å². The van der Waals surface area contributed by atoms with Crippen LogP contribution in [0, 0.1) is 0 Å². The lowest BCUT2D eigenvalue weighted by Gasteiger charge is -2.13. The van der Waals surface area contributed by atoms with Gasteiger partial charge in [-0.2, -0.15) is 0 Å². The summed E-state index contributed by atoms with van der Waals surface area (Å²) >= 11 is 0. The summed E-state index contributed by atoms with van der Waals surface area (Å²) in [4.78, 5) is 31.2. The summed E-state index contributed by atoms with van der Waals surface area (Å²) in [6.07, 6.45) is 0.